The number of para-hydroxylation sites is 1. The molecule has 1 heterocycles. The molecule has 3 aromatic carbocycles. The summed E-state index contributed by atoms with van der Waals surface area (Å²) in [6.45, 7) is 2.00. The van der Waals surface area contributed by atoms with Crippen LogP contribution in [-0.2, 0) is 4.79 Å². The predicted molar refractivity (Wildman–Crippen MR) is 120 cm³/mol. The van der Waals surface area contributed by atoms with E-state index >= 15 is 0 Å². The van der Waals surface area contributed by atoms with Crippen LogP contribution in [0.4, 0.5) is 5.69 Å². The molecule has 0 unspecified atom stereocenters. The normalized spacial score (nSPS) is 11.1. The van der Waals surface area contributed by atoms with Gasteiger partial charge in [0.25, 0.3) is 0 Å². The van der Waals surface area contributed by atoms with Crippen LogP contribution in [0.5, 0.6) is 0 Å². The average molecular weight is 416 g/mol. The summed E-state index contributed by atoms with van der Waals surface area (Å²) in [5.41, 5.74) is 3.35. The largest absolute Gasteiger partial charge is 0.450 e. The Morgan fingerprint density at radius 3 is 2.37 bits per heavy atom. The molecule has 0 aliphatic heterocycles. The fraction of sp³-hybridized carbons (Fsp3) is 0.0400. The zero-order valence-corrected chi connectivity index (χ0v) is 16.9. The first-order valence-corrected chi connectivity index (χ1v) is 9.76. The Bertz CT molecular complexity index is 1250. The third-order valence-corrected chi connectivity index (χ3v) is 4.91. The van der Waals surface area contributed by atoms with Crippen molar-refractivity contribution < 1.29 is 14.0 Å². The highest BCUT2D eigenvalue weighted by Crippen LogP contribution is 2.32. The summed E-state index contributed by atoms with van der Waals surface area (Å²) in [6.07, 6.45) is 3.15. The monoisotopic (exact) mass is 415 g/mol. The first-order chi connectivity index (χ1) is 14.5. The number of aryl methyl sites for hydroxylation is 1. The molecule has 0 spiro atoms. The number of carbonyl (C=O) groups is 2. The molecule has 0 saturated heterocycles. The Kier molecular flexibility index (Phi) is 5.50. The van der Waals surface area contributed by atoms with Crippen LogP contribution in [0.2, 0.25) is 5.02 Å². The highest BCUT2D eigenvalue weighted by atomic mass is 35.5. The second-order valence-corrected chi connectivity index (χ2v) is 7.31. The molecular weight excluding hydrogens is 398 g/mol. The molecule has 0 fully saturated rings. The van der Waals surface area contributed by atoms with Gasteiger partial charge in [-0.15, -0.1) is 0 Å². The summed E-state index contributed by atoms with van der Waals surface area (Å²) in [7, 11) is 0. The number of fused-ring (bicyclic) bond motifs is 1. The number of benzene rings is 3. The molecule has 4 nitrogen and oxygen atoms in total. The van der Waals surface area contributed by atoms with Crippen molar-refractivity contribution in [2.24, 2.45) is 0 Å². The smallest absolute Gasteiger partial charge is 0.248 e. The van der Waals surface area contributed by atoms with Crippen LogP contribution >= 0.6 is 11.6 Å². The van der Waals surface area contributed by atoms with Crippen molar-refractivity contribution in [1.29, 1.82) is 0 Å². The van der Waals surface area contributed by atoms with E-state index in [-0.39, 0.29) is 17.5 Å². The Morgan fingerprint density at radius 1 is 0.933 bits per heavy atom. The van der Waals surface area contributed by atoms with Crippen LogP contribution in [0.25, 0.3) is 17.0 Å². The lowest BCUT2D eigenvalue weighted by Crippen LogP contribution is -2.11. The van der Waals surface area contributed by atoms with Gasteiger partial charge in [0.15, 0.2) is 5.76 Å². The maximum absolute atomic E-state index is 13.0. The summed E-state index contributed by atoms with van der Waals surface area (Å²) in [6, 6.07) is 21.5. The standard InChI is InChI=1S/C25H18ClNO3/c1-16-6-8-17(9-7-16)10-15-22(28)27-23-20-4-2-3-5-21(20)30-25(23)24(29)18-11-13-19(26)14-12-18/h2-15H,1H3,(H,27,28). The van der Waals surface area contributed by atoms with Crippen molar-refractivity contribution in [3.63, 3.8) is 0 Å². The molecule has 0 aliphatic carbocycles. The summed E-state index contributed by atoms with van der Waals surface area (Å²) in [5.74, 6) is -0.608. The Labute approximate surface area is 178 Å². The van der Waals surface area contributed by atoms with Crippen molar-refractivity contribution in [2.75, 3.05) is 5.32 Å². The molecule has 1 amide bonds. The van der Waals surface area contributed by atoms with Crippen LogP contribution in [-0.4, -0.2) is 11.7 Å². The molecule has 4 aromatic rings. The van der Waals surface area contributed by atoms with Gasteiger partial charge in [0.05, 0.1) is 5.69 Å². The predicted octanol–water partition coefficient (Wildman–Crippen LogP) is 6.28. The lowest BCUT2D eigenvalue weighted by Gasteiger charge is -2.04. The number of hydrogen-bond donors (Lipinski definition) is 1. The van der Waals surface area contributed by atoms with E-state index in [1.54, 1.807) is 42.5 Å². The molecule has 0 saturated carbocycles. The van der Waals surface area contributed by atoms with E-state index in [2.05, 4.69) is 5.32 Å². The molecule has 4 rings (SSSR count). The Balaban J connectivity index is 1.66. The Morgan fingerprint density at radius 2 is 1.63 bits per heavy atom. The molecule has 30 heavy (non-hydrogen) atoms. The van der Waals surface area contributed by atoms with Gasteiger partial charge in [-0.1, -0.05) is 53.6 Å². The van der Waals surface area contributed by atoms with Gasteiger partial charge in [-0.3, -0.25) is 9.59 Å². The lowest BCUT2D eigenvalue weighted by molar-refractivity contribution is -0.111. The van der Waals surface area contributed by atoms with Gasteiger partial charge in [0, 0.05) is 22.0 Å². The van der Waals surface area contributed by atoms with Gasteiger partial charge in [-0.2, -0.15) is 0 Å². The first kappa shape index (κ1) is 19.7. The number of furan rings is 1. The van der Waals surface area contributed by atoms with Gasteiger partial charge in [-0.05, 0) is 55.0 Å². The molecule has 1 N–H and O–H groups in total. The van der Waals surface area contributed by atoms with E-state index in [9.17, 15) is 9.59 Å². The number of carbonyl (C=O) groups excluding carboxylic acids is 2. The van der Waals surface area contributed by atoms with Crippen LogP contribution in [0.3, 0.4) is 0 Å². The van der Waals surface area contributed by atoms with Crippen molar-refractivity contribution in [2.45, 2.75) is 6.92 Å². The molecule has 0 radical (unpaired) electrons. The fourth-order valence-corrected chi connectivity index (χ4v) is 3.20. The Hall–Kier alpha value is -3.63. The van der Waals surface area contributed by atoms with E-state index in [0.29, 0.717) is 27.2 Å². The zero-order chi connectivity index (χ0) is 21.1. The van der Waals surface area contributed by atoms with Crippen molar-refractivity contribution >= 4 is 46.0 Å². The van der Waals surface area contributed by atoms with Crippen molar-refractivity contribution in [3.05, 3.63) is 106 Å². The van der Waals surface area contributed by atoms with Gasteiger partial charge in [0.1, 0.15) is 5.58 Å². The summed E-state index contributed by atoms with van der Waals surface area (Å²) < 4.78 is 5.80. The number of nitrogens with one attached hydrogen (secondary N) is 1. The van der Waals surface area contributed by atoms with E-state index in [0.717, 1.165) is 11.1 Å². The number of halogens is 1. The van der Waals surface area contributed by atoms with Gasteiger partial charge >= 0.3 is 0 Å². The molecule has 0 atom stereocenters. The van der Waals surface area contributed by atoms with Crippen LogP contribution < -0.4 is 5.32 Å². The zero-order valence-electron chi connectivity index (χ0n) is 16.2. The number of hydrogen-bond acceptors (Lipinski definition) is 3. The van der Waals surface area contributed by atoms with Crippen molar-refractivity contribution in [1.82, 2.24) is 0 Å². The van der Waals surface area contributed by atoms with Gasteiger partial charge < -0.3 is 9.73 Å². The van der Waals surface area contributed by atoms with Gasteiger partial charge in [-0.25, -0.2) is 0 Å². The maximum Gasteiger partial charge on any atom is 0.248 e. The number of rotatable bonds is 5. The van der Waals surface area contributed by atoms with E-state index < -0.39 is 0 Å². The summed E-state index contributed by atoms with van der Waals surface area (Å²) in [5, 5.41) is 4.00. The second kappa shape index (κ2) is 8.39. The number of amides is 1. The van der Waals surface area contributed by atoms with Crippen molar-refractivity contribution in [3.8, 4) is 0 Å². The molecule has 5 heteroatoms. The third-order valence-electron chi connectivity index (χ3n) is 4.66. The molecule has 148 valence electrons. The SMILES string of the molecule is Cc1ccc(C=CC(=O)Nc2c(C(=O)c3ccc(Cl)cc3)oc3ccccc23)cc1. The minimum absolute atomic E-state index is 0.0793. The quantitative estimate of drug-likeness (QED) is 0.308. The first-order valence-electron chi connectivity index (χ1n) is 9.39. The molecular formula is C25H18ClNO3. The highest BCUT2D eigenvalue weighted by molar-refractivity contribution is 6.30. The second-order valence-electron chi connectivity index (χ2n) is 6.87. The van der Waals surface area contributed by atoms with Crippen LogP contribution in [0.15, 0.2) is 83.3 Å². The maximum atomic E-state index is 13.0. The topological polar surface area (TPSA) is 59.3 Å². The van der Waals surface area contributed by atoms with E-state index in [1.165, 1.54) is 6.08 Å². The number of ketones is 1. The van der Waals surface area contributed by atoms with E-state index in [4.69, 9.17) is 16.0 Å². The minimum Gasteiger partial charge on any atom is -0.450 e. The molecule has 1 aromatic heterocycles. The van der Waals surface area contributed by atoms with Gasteiger partial charge in [0.2, 0.25) is 11.7 Å². The van der Waals surface area contributed by atoms with E-state index in [1.807, 2.05) is 43.3 Å². The fourth-order valence-electron chi connectivity index (χ4n) is 3.08. The van der Waals surface area contributed by atoms with Crippen LogP contribution in [0.1, 0.15) is 27.2 Å². The number of anilines is 1. The minimum atomic E-state index is -0.354. The highest BCUT2D eigenvalue weighted by Gasteiger charge is 2.22. The average Bonchev–Trinajstić information content (AvgIpc) is 3.12. The molecule has 0 aliphatic rings. The summed E-state index contributed by atoms with van der Waals surface area (Å²) in [4.78, 5) is 25.6. The third kappa shape index (κ3) is 4.19. The molecule has 0 bridgehead atoms. The lowest BCUT2D eigenvalue weighted by atomic mass is 10.1. The summed E-state index contributed by atoms with van der Waals surface area (Å²) >= 11 is 5.92. The van der Waals surface area contributed by atoms with Crippen LogP contribution in [0, 0.1) is 6.92 Å².